The predicted octanol–water partition coefficient (Wildman–Crippen LogP) is 2.98. The van der Waals surface area contributed by atoms with Crippen molar-refractivity contribution in [3.63, 3.8) is 0 Å². The van der Waals surface area contributed by atoms with Gasteiger partial charge in [-0.1, -0.05) is 25.5 Å². The molecule has 1 nitrogen and oxygen atoms in total. The van der Waals surface area contributed by atoms with E-state index < -0.39 is 0 Å². The van der Waals surface area contributed by atoms with Crippen LogP contribution in [0.4, 0.5) is 0 Å². The lowest BCUT2D eigenvalue weighted by molar-refractivity contribution is 0.381. The Morgan fingerprint density at radius 2 is 2.21 bits per heavy atom. The number of nitrogens with one attached hydrogen (secondary N) is 1. The van der Waals surface area contributed by atoms with Crippen LogP contribution in [0, 0.1) is 17.8 Å². The molecule has 0 aromatic rings. The van der Waals surface area contributed by atoms with Gasteiger partial charge >= 0.3 is 0 Å². The zero-order chi connectivity index (χ0) is 9.97. The molecule has 4 unspecified atom stereocenters. The van der Waals surface area contributed by atoms with Crippen LogP contribution < -0.4 is 5.32 Å². The van der Waals surface area contributed by atoms with E-state index in [0.717, 1.165) is 17.8 Å². The summed E-state index contributed by atoms with van der Waals surface area (Å²) >= 11 is 0. The third-order valence-corrected chi connectivity index (χ3v) is 3.87. The third kappa shape index (κ3) is 2.20. The summed E-state index contributed by atoms with van der Waals surface area (Å²) in [6.45, 7) is 5.82. The zero-order valence-electron chi connectivity index (χ0n) is 9.50. The largest absolute Gasteiger partial charge is 0.314 e. The van der Waals surface area contributed by atoms with E-state index in [1.807, 2.05) is 0 Å². The second-order valence-electron chi connectivity index (χ2n) is 5.14. The number of fused-ring (bicyclic) bond motifs is 2. The SMILES string of the molecule is CCCC(C)NCC1CC2C=CC1C2. The molecule has 1 heteroatoms. The van der Waals surface area contributed by atoms with Crippen molar-refractivity contribution in [2.45, 2.75) is 45.6 Å². The Balaban J connectivity index is 1.69. The minimum absolute atomic E-state index is 0.711. The average Bonchev–Trinajstić information content (AvgIpc) is 2.76. The number of allylic oxidation sites excluding steroid dienone is 2. The molecule has 0 saturated heterocycles. The van der Waals surface area contributed by atoms with Crippen LogP contribution in [0.5, 0.6) is 0 Å². The Labute approximate surface area is 88.0 Å². The fourth-order valence-electron chi connectivity index (χ4n) is 3.02. The summed E-state index contributed by atoms with van der Waals surface area (Å²) in [6.07, 6.45) is 10.4. The van der Waals surface area contributed by atoms with E-state index in [1.165, 1.54) is 32.2 Å². The van der Waals surface area contributed by atoms with Crippen LogP contribution in [0.3, 0.4) is 0 Å². The van der Waals surface area contributed by atoms with Gasteiger partial charge in [0.2, 0.25) is 0 Å². The van der Waals surface area contributed by atoms with E-state index >= 15 is 0 Å². The van der Waals surface area contributed by atoms with Crippen molar-refractivity contribution in [3.05, 3.63) is 12.2 Å². The summed E-state index contributed by atoms with van der Waals surface area (Å²) < 4.78 is 0. The molecule has 1 N–H and O–H groups in total. The van der Waals surface area contributed by atoms with Gasteiger partial charge < -0.3 is 5.32 Å². The summed E-state index contributed by atoms with van der Waals surface area (Å²) in [5.41, 5.74) is 0. The van der Waals surface area contributed by atoms with Crippen molar-refractivity contribution in [2.75, 3.05) is 6.54 Å². The maximum atomic E-state index is 3.68. The maximum Gasteiger partial charge on any atom is 0.00387 e. The molecule has 14 heavy (non-hydrogen) atoms. The Bertz CT molecular complexity index is 209. The Morgan fingerprint density at radius 1 is 1.36 bits per heavy atom. The van der Waals surface area contributed by atoms with Crippen molar-refractivity contribution in [1.82, 2.24) is 5.32 Å². The van der Waals surface area contributed by atoms with Crippen LogP contribution in [0.2, 0.25) is 0 Å². The molecular formula is C13H23N. The topological polar surface area (TPSA) is 12.0 Å². The van der Waals surface area contributed by atoms with Gasteiger partial charge in [0.25, 0.3) is 0 Å². The van der Waals surface area contributed by atoms with Crippen molar-refractivity contribution in [1.29, 1.82) is 0 Å². The highest BCUT2D eigenvalue weighted by atomic mass is 14.9. The second kappa shape index (κ2) is 4.48. The Morgan fingerprint density at radius 3 is 2.79 bits per heavy atom. The molecule has 80 valence electrons. The summed E-state index contributed by atoms with van der Waals surface area (Å²) in [5, 5.41) is 3.68. The number of hydrogen-bond acceptors (Lipinski definition) is 1. The average molecular weight is 193 g/mol. The minimum atomic E-state index is 0.711. The van der Waals surface area contributed by atoms with Gasteiger partial charge in [0.15, 0.2) is 0 Å². The Kier molecular flexibility index (Phi) is 3.27. The van der Waals surface area contributed by atoms with E-state index in [9.17, 15) is 0 Å². The van der Waals surface area contributed by atoms with Crippen molar-refractivity contribution >= 4 is 0 Å². The van der Waals surface area contributed by atoms with E-state index in [4.69, 9.17) is 0 Å². The van der Waals surface area contributed by atoms with E-state index in [2.05, 4.69) is 31.3 Å². The van der Waals surface area contributed by atoms with E-state index in [-0.39, 0.29) is 0 Å². The zero-order valence-corrected chi connectivity index (χ0v) is 9.50. The van der Waals surface area contributed by atoms with Crippen LogP contribution in [-0.4, -0.2) is 12.6 Å². The molecule has 0 amide bonds. The van der Waals surface area contributed by atoms with Gasteiger partial charge in [-0.15, -0.1) is 0 Å². The van der Waals surface area contributed by atoms with Gasteiger partial charge in [-0.2, -0.15) is 0 Å². The van der Waals surface area contributed by atoms with Crippen molar-refractivity contribution in [3.8, 4) is 0 Å². The first-order valence-electron chi connectivity index (χ1n) is 6.21. The van der Waals surface area contributed by atoms with E-state index in [0.29, 0.717) is 6.04 Å². The molecule has 0 spiro atoms. The molecule has 0 aromatic carbocycles. The molecular weight excluding hydrogens is 170 g/mol. The molecule has 0 heterocycles. The van der Waals surface area contributed by atoms with Crippen LogP contribution in [0.25, 0.3) is 0 Å². The van der Waals surface area contributed by atoms with Gasteiger partial charge in [0, 0.05) is 6.04 Å². The lowest BCUT2D eigenvalue weighted by atomic mass is 9.93. The standard InChI is InChI=1S/C13H23N/c1-3-4-10(2)14-9-13-8-11-5-6-12(13)7-11/h5-6,10-14H,3-4,7-9H2,1-2H3. The first-order valence-corrected chi connectivity index (χ1v) is 6.21. The monoisotopic (exact) mass is 193 g/mol. The molecule has 0 aromatic heterocycles. The highest BCUT2D eigenvalue weighted by Crippen LogP contribution is 2.42. The van der Waals surface area contributed by atoms with Crippen LogP contribution in [0.1, 0.15) is 39.5 Å². The highest BCUT2D eigenvalue weighted by molar-refractivity contribution is 5.10. The summed E-state index contributed by atoms with van der Waals surface area (Å²) in [5.74, 6) is 2.76. The fourth-order valence-corrected chi connectivity index (χ4v) is 3.02. The molecule has 2 aliphatic carbocycles. The number of rotatable bonds is 5. The van der Waals surface area contributed by atoms with Gasteiger partial charge in [-0.25, -0.2) is 0 Å². The molecule has 2 rings (SSSR count). The fraction of sp³-hybridized carbons (Fsp3) is 0.846. The van der Waals surface area contributed by atoms with Gasteiger partial charge in [-0.3, -0.25) is 0 Å². The third-order valence-electron chi connectivity index (χ3n) is 3.87. The highest BCUT2D eigenvalue weighted by Gasteiger charge is 2.35. The molecule has 4 atom stereocenters. The predicted molar refractivity (Wildman–Crippen MR) is 61.2 cm³/mol. The van der Waals surface area contributed by atoms with Crippen molar-refractivity contribution < 1.29 is 0 Å². The number of hydrogen-bond donors (Lipinski definition) is 1. The maximum absolute atomic E-state index is 3.68. The second-order valence-corrected chi connectivity index (χ2v) is 5.14. The molecule has 2 aliphatic rings. The van der Waals surface area contributed by atoms with Crippen LogP contribution in [-0.2, 0) is 0 Å². The molecule has 0 radical (unpaired) electrons. The van der Waals surface area contributed by atoms with Gasteiger partial charge in [-0.05, 0) is 50.5 Å². The molecule has 1 fully saturated rings. The molecule has 1 saturated carbocycles. The normalized spacial score (nSPS) is 36.6. The summed E-state index contributed by atoms with van der Waals surface area (Å²) in [4.78, 5) is 0. The molecule has 0 aliphatic heterocycles. The summed E-state index contributed by atoms with van der Waals surface area (Å²) in [7, 11) is 0. The quantitative estimate of drug-likeness (QED) is 0.662. The van der Waals surface area contributed by atoms with Gasteiger partial charge in [0.05, 0.1) is 0 Å². The van der Waals surface area contributed by atoms with Crippen LogP contribution in [0.15, 0.2) is 12.2 Å². The van der Waals surface area contributed by atoms with Gasteiger partial charge in [0.1, 0.15) is 0 Å². The van der Waals surface area contributed by atoms with E-state index in [1.54, 1.807) is 0 Å². The van der Waals surface area contributed by atoms with Crippen LogP contribution >= 0.6 is 0 Å². The lowest BCUT2D eigenvalue weighted by Crippen LogP contribution is -2.32. The Hall–Kier alpha value is -0.300. The first kappa shape index (κ1) is 10.2. The minimum Gasteiger partial charge on any atom is -0.314 e. The lowest BCUT2D eigenvalue weighted by Gasteiger charge is -2.21. The smallest absolute Gasteiger partial charge is 0.00387 e. The van der Waals surface area contributed by atoms with Crippen molar-refractivity contribution in [2.24, 2.45) is 17.8 Å². The molecule has 2 bridgehead atoms. The first-order chi connectivity index (χ1) is 6.79. The summed E-state index contributed by atoms with van der Waals surface area (Å²) in [6, 6.07) is 0.711.